The summed E-state index contributed by atoms with van der Waals surface area (Å²) >= 11 is 0. The minimum absolute atomic E-state index is 0.0437. The van der Waals surface area contributed by atoms with Gasteiger partial charge in [0.25, 0.3) is 5.91 Å². The maximum Gasteiger partial charge on any atom is 0.260 e. The lowest BCUT2D eigenvalue weighted by atomic mass is 10.1. The summed E-state index contributed by atoms with van der Waals surface area (Å²) in [4.78, 5) is 13.6. The molecule has 0 aliphatic rings. The Morgan fingerprint density at radius 2 is 1.67 bits per heavy atom. The molecular weight excluding hydrogens is 270 g/mol. The summed E-state index contributed by atoms with van der Waals surface area (Å²) in [5, 5.41) is 9.79. The zero-order chi connectivity index (χ0) is 15.9. The third-order valence-electron chi connectivity index (χ3n) is 2.81. The summed E-state index contributed by atoms with van der Waals surface area (Å²) in [6.07, 6.45) is 0. The monoisotopic (exact) mass is 295 g/mol. The lowest BCUT2D eigenvalue weighted by Gasteiger charge is -2.28. The Bertz CT molecular complexity index is 437. The molecule has 1 aromatic rings. The topological polar surface area (TPSA) is 59.0 Å². The maximum absolute atomic E-state index is 12.1. The number of amides is 1. The van der Waals surface area contributed by atoms with Crippen LogP contribution in [0.2, 0.25) is 0 Å². The fourth-order valence-electron chi connectivity index (χ4n) is 1.88. The summed E-state index contributed by atoms with van der Waals surface area (Å²) in [6.45, 7) is 8.54. The normalized spacial score (nSPS) is 11.1. The molecule has 0 bridgehead atoms. The van der Waals surface area contributed by atoms with Crippen molar-refractivity contribution < 1.29 is 19.4 Å². The highest BCUT2D eigenvalue weighted by atomic mass is 16.5. The summed E-state index contributed by atoms with van der Waals surface area (Å²) < 4.78 is 10.8. The van der Waals surface area contributed by atoms with E-state index in [-0.39, 0.29) is 19.1 Å². The fraction of sp³-hybridized carbons (Fsp3) is 0.562. The molecule has 0 spiro atoms. The fourth-order valence-corrected chi connectivity index (χ4v) is 1.88. The zero-order valence-electron chi connectivity index (χ0n) is 13.3. The van der Waals surface area contributed by atoms with Crippen molar-refractivity contribution in [2.45, 2.75) is 33.3 Å². The lowest BCUT2D eigenvalue weighted by molar-refractivity contribution is -0.136. The average Bonchev–Trinajstić information content (AvgIpc) is 2.43. The Morgan fingerprint density at radius 1 is 1.14 bits per heavy atom. The van der Waals surface area contributed by atoms with E-state index in [4.69, 9.17) is 9.47 Å². The summed E-state index contributed by atoms with van der Waals surface area (Å²) in [6, 6.07) is 7.14. The predicted octanol–water partition coefficient (Wildman–Crippen LogP) is 2.08. The van der Waals surface area contributed by atoms with E-state index >= 15 is 0 Å². The van der Waals surface area contributed by atoms with Gasteiger partial charge in [-0.1, -0.05) is 0 Å². The summed E-state index contributed by atoms with van der Waals surface area (Å²) in [5.41, 5.74) is -0.912. The highest BCUT2D eigenvalue weighted by molar-refractivity contribution is 5.77. The number of likely N-dealkylation sites (N-methyl/N-ethyl adjacent to an activating group) is 1. The summed E-state index contributed by atoms with van der Waals surface area (Å²) in [7, 11) is 0. The van der Waals surface area contributed by atoms with Gasteiger partial charge in [0.1, 0.15) is 11.5 Å². The second-order valence-corrected chi connectivity index (χ2v) is 5.41. The minimum atomic E-state index is -0.912. The van der Waals surface area contributed by atoms with E-state index in [2.05, 4.69) is 0 Å². The quantitative estimate of drug-likeness (QED) is 0.798. The third kappa shape index (κ3) is 6.49. The molecule has 1 aromatic carbocycles. The van der Waals surface area contributed by atoms with E-state index in [1.807, 2.05) is 13.8 Å². The number of ether oxygens (including phenoxy) is 2. The van der Waals surface area contributed by atoms with Crippen LogP contribution in [-0.4, -0.2) is 47.8 Å². The molecule has 21 heavy (non-hydrogen) atoms. The first-order chi connectivity index (χ1) is 9.85. The zero-order valence-corrected chi connectivity index (χ0v) is 13.3. The van der Waals surface area contributed by atoms with Crippen LogP contribution in [0.5, 0.6) is 11.5 Å². The number of rotatable bonds is 8. The van der Waals surface area contributed by atoms with Gasteiger partial charge in [-0.15, -0.1) is 0 Å². The first kappa shape index (κ1) is 17.3. The Morgan fingerprint density at radius 3 is 2.10 bits per heavy atom. The Hall–Kier alpha value is -1.75. The number of nitrogens with zero attached hydrogens (tertiary/aromatic N) is 1. The largest absolute Gasteiger partial charge is 0.494 e. The number of hydrogen-bond acceptors (Lipinski definition) is 4. The van der Waals surface area contributed by atoms with Crippen molar-refractivity contribution >= 4 is 5.91 Å². The molecule has 5 heteroatoms. The molecule has 0 saturated carbocycles. The first-order valence-electron chi connectivity index (χ1n) is 7.21. The lowest BCUT2D eigenvalue weighted by Crippen LogP contribution is -2.44. The van der Waals surface area contributed by atoms with Gasteiger partial charge in [0, 0.05) is 13.1 Å². The smallest absolute Gasteiger partial charge is 0.260 e. The molecule has 0 fully saturated rings. The molecule has 0 radical (unpaired) electrons. The van der Waals surface area contributed by atoms with E-state index in [1.165, 1.54) is 0 Å². The van der Waals surface area contributed by atoms with Gasteiger partial charge in [0.05, 0.1) is 12.2 Å². The van der Waals surface area contributed by atoms with Gasteiger partial charge < -0.3 is 19.5 Å². The predicted molar refractivity (Wildman–Crippen MR) is 81.7 cm³/mol. The van der Waals surface area contributed by atoms with Gasteiger partial charge in [0.2, 0.25) is 0 Å². The molecule has 5 nitrogen and oxygen atoms in total. The van der Waals surface area contributed by atoms with Crippen molar-refractivity contribution in [1.82, 2.24) is 4.90 Å². The van der Waals surface area contributed by atoms with Gasteiger partial charge >= 0.3 is 0 Å². The van der Waals surface area contributed by atoms with E-state index < -0.39 is 5.60 Å². The van der Waals surface area contributed by atoms with Crippen molar-refractivity contribution in [3.63, 3.8) is 0 Å². The number of benzene rings is 1. The number of carbonyl (C=O) groups is 1. The van der Waals surface area contributed by atoms with Crippen molar-refractivity contribution in [3.8, 4) is 11.5 Å². The van der Waals surface area contributed by atoms with Gasteiger partial charge in [0.15, 0.2) is 6.61 Å². The van der Waals surface area contributed by atoms with Crippen molar-refractivity contribution in [1.29, 1.82) is 0 Å². The summed E-state index contributed by atoms with van der Waals surface area (Å²) in [5.74, 6) is 1.24. The van der Waals surface area contributed by atoms with Gasteiger partial charge in [-0.3, -0.25) is 4.79 Å². The van der Waals surface area contributed by atoms with Gasteiger partial charge in [-0.05, 0) is 52.0 Å². The molecule has 0 saturated heterocycles. The SMILES string of the molecule is CCOc1ccc(OCC(=O)N(CC)CC(C)(C)O)cc1. The van der Waals surface area contributed by atoms with Crippen molar-refractivity contribution in [2.24, 2.45) is 0 Å². The number of hydrogen-bond donors (Lipinski definition) is 1. The molecule has 1 amide bonds. The van der Waals surface area contributed by atoms with Crippen LogP contribution in [0.25, 0.3) is 0 Å². The highest BCUT2D eigenvalue weighted by Crippen LogP contribution is 2.17. The van der Waals surface area contributed by atoms with E-state index in [0.29, 0.717) is 18.9 Å². The molecule has 0 atom stereocenters. The van der Waals surface area contributed by atoms with Crippen molar-refractivity contribution in [3.05, 3.63) is 24.3 Å². The van der Waals surface area contributed by atoms with Crippen LogP contribution >= 0.6 is 0 Å². The molecule has 0 aromatic heterocycles. The Kier molecular flexibility index (Phi) is 6.49. The molecular formula is C16H25NO4. The molecule has 0 aliphatic carbocycles. The van der Waals surface area contributed by atoms with E-state index in [0.717, 1.165) is 5.75 Å². The Balaban J connectivity index is 2.51. The Labute approximate surface area is 126 Å². The van der Waals surface area contributed by atoms with Crippen LogP contribution in [0.3, 0.4) is 0 Å². The van der Waals surface area contributed by atoms with Crippen LogP contribution in [0.1, 0.15) is 27.7 Å². The maximum atomic E-state index is 12.1. The molecule has 1 rings (SSSR count). The minimum Gasteiger partial charge on any atom is -0.494 e. The third-order valence-corrected chi connectivity index (χ3v) is 2.81. The second kappa shape index (κ2) is 7.88. The molecule has 1 N–H and O–H groups in total. The van der Waals surface area contributed by atoms with Gasteiger partial charge in [-0.25, -0.2) is 0 Å². The molecule has 0 unspecified atom stereocenters. The van der Waals surface area contributed by atoms with Crippen LogP contribution in [0.15, 0.2) is 24.3 Å². The standard InChI is InChI=1S/C16H25NO4/c1-5-17(12-16(3,4)19)15(18)11-21-14-9-7-13(8-10-14)20-6-2/h7-10,19H,5-6,11-12H2,1-4H3. The second-order valence-electron chi connectivity index (χ2n) is 5.41. The molecule has 0 aliphatic heterocycles. The average molecular weight is 295 g/mol. The van der Waals surface area contributed by atoms with Crippen LogP contribution in [0.4, 0.5) is 0 Å². The highest BCUT2D eigenvalue weighted by Gasteiger charge is 2.21. The van der Waals surface area contributed by atoms with E-state index in [9.17, 15) is 9.90 Å². The molecule has 0 heterocycles. The van der Waals surface area contributed by atoms with Crippen LogP contribution in [-0.2, 0) is 4.79 Å². The number of aliphatic hydroxyl groups is 1. The number of carbonyl (C=O) groups excluding carboxylic acids is 1. The van der Waals surface area contributed by atoms with Crippen molar-refractivity contribution in [2.75, 3.05) is 26.3 Å². The first-order valence-corrected chi connectivity index (χ1v) is 7.21. The van der Waals surface area contributed by atoms with Crippen LogP contribution < -0.4 is 9.47 Å². The van der Waals surface area contributed by atoms with Gasteiger partial charge in [-0.2, -0.15) is 0 Å². The van der Waals surface area contributed by atoms with E-state index in [1.54, 1.807) is 43.0 Å². The van der Waals surface area contributed by atoms with Crippen LogP contribution in [0, 0.1) is 0 Å². The molecule has 118 valence electrons.